The molecule has 0 spiro atoms. The van der Waals surface area contributed by atoms with Crippen molar-refractivity contribution in [2.75, 3.05) is 18.9 Å². The molecule has 0 aliphatic heterocycles. The van der Waals surface area contributed by atoms with Crippen LogP contribution < -0.4 is 5.32 Å². The highest BCUT2D eigenvalue weighted by atomic mass is 16.2. The smallest absolute Gasteiger partial charge is 0.255 e. The summed E-state index contributed by atoms with van der Waals surface area (Å²) >= 11 is 0. The molecule has 27 heavy (non-hydrogen) atoms. The van der Waals surface area contributed by atoms with E-state index in [9.17, 15) is 9.59 Å². The van der Waals surface area contributed by atoms with Crippen LogP contribution in [0.2, 0.25) is 0 Å². The van der Waals surface area contributed by atoms with E-state index in [-0.39, 0.29) is 11.8 Å². The lowest BCUT2D eigenvalue weighted by atomic mass is 10.1. The Morgan fingerprint density at radius 1 is 0.889 bits per heavy atom. The summed E-state index contributed by atoms with van der Waals surface area (Å²) in [7, 11) is 1.77. The number of nitrogens with one attached hydrogen (secondary N) is 1. The average Bonchev–Trinajstić information content (AvgIpc) is 2.73. The van der Waals surface area contributed by atoms with Crippen LogP contribution in [0.4, 0.5) is 5.69 Å². The van der Waals surface area contributed by atoms with E-state index in [1.807, 2.05) is 36.4 Å². The number of aromatic nitrogens is 1. The van der Waals surface area contributed by atoms with Gasteiger partial charge in [-0.25, -0.2) is 0 Å². The van der Waals surface area contributed by atoms with Gasteiger partial charge in [0.2, 0.25) is 0 Å². The van der Waals surface area contributed by atoms with Gasteiger partial charge < -0.3 is 10.2 Å². The summed E-state index contributed by atoms with van der Waals surface area (Å²) in [5, 5.41) is 2.83. The van der Waals surface area contributed by atoms with E-state index in [0.717, 1.165) is 5.69 Å². The number of nitrogens with zero attached hydrogens (tertiary/aromatic N) is 2. The molecule has 3 rings (SSSR count). The molecule has 1 N–H and O–H groups in total. The molecule has 3 aromatic rings. The van der Waals surface area contributed by atoms with Crippen LogP contribution in [0.5, 0.6) is 0 Å². The minimum Gasteiger partial charge on any atom is -0.341 e. The molecule has 1 aromatic heterocycles. The molecule has 0 aliphatic carbocycles. The van der Waals surface area contributed by atoms with E-state index < -0.39 is 0 Å². The Morgan fingerprint density at radius 2 is 1.59 bits per heavy atom. The first-order valence-corrected chi connectivity index (χ1v) is 8.75. The van der Waals surface area contributed by atoms with E-state index >= 15 is 0 Å². The fraction of sp³-hybridized carbons (Fsp3) is 0.136. The SMILES string of the molecule is CN(CCc1ccccn1)C(=O)c1ccc(NC(=O)c2ccccc2)cc1. The van der Waals surface area contributed by atoms with Crippen molar-refractivity contribution in [2.24, 2.45) is 0 Å². The molecule has 0 fully saturated rings. The molecule has 2 aromatic carbocycles. The molecule has 0 saturated carbocycles. The molecule has 0 saturated heterocycles. The number of hydrogen-bond acceptors (Lipinski definition) is 3. The summed E-state index contributed by atoms with van der Waals surface area (Å²) in [5.74, 6) is -0.242. The maximum absolute atomic E-state index is 12.5. The Morgan fingerprint density at radius 3 is 2.26 bits per heavy atom. The molecule has 0 aliphatic rings. The Labute approximate surface area is 158 Å². The Bertz CT molecular complexity index is 894. The van der Waals surface area contributed by atoms with Gasteiger partial charge in [0.25, 0.3) is 11.8 Å². The number of benzene rings is 2. The van der Waals surface area contributed by atoms with Crippen molar-refractivity contribution >= 4 is 17.5 Å². The number of pyridine rings is 1. The second-order valence-corrected chi connectivity index (χ2v) is 6.20. The maximum Gasteiger partial charge on any atom is 0.255 e. The fourth-order valence-corrected chi connectivity index (χ4v) is 2.64. The van der Waals surface area contributed by atoms with Gasteiger partial charge in [-0.3, -0.25) is 14.6 Å². The third-order valence-corrected chi connectivity index (χ3v) is 4.20. The standard InChI is InChI=1S/C22H21N3O2/c1-25(16-14-19-9-5-6-15-23-19)22(27)18-10-12-20(13-11-18)24-21(26)17-7-3-2-4-8-17/h2-13,15H,14,16H2,1H3,(H,24,26). The molecule has 0 unspecified atom stereocenters. The maximum atomic E-state index is 12.5. The van der Waals surface area contributed by atoms with Crippen LogP contribution in [-0.4, -0.2) is 35.3 Å². The predicted octanol–water partition coefficient (Wildman–Crippen LogP) is 3.65. The largest absolute Gasteiger partial charge is 0.341 e. The zero-order valence-electron chi connectivity index (χ0n) is 15.1. The van der Waals surface area contributed by atoms with Gasteiger partial charge in [-0.1, -0.05) is 24.3 Å². The van der Waals surface area contributed by atoms with Crippen molar-refractivity contribution in [3.63, 3.8) is 0 Å². The lowest BCUT2D eigenvalue weighted by Gasteiger charge is -2.17. The number of amides is 2. The molecule has 136 valence electrons. The number of anilines is 1. The monoisotopic (exact) mass is 359 g/mol. The third kappa shape index (κ3) is 5.01. The predicted molar refractivity (Wildman–Crippen MR) is 106 cm³/mol. The minimum atomic E-state index is -0.179. The van der Waals surface area contributed by atoms with Crippen molar-refractivity contribution in [1.82, 2.24) is 9.88 Å². The van der Waals surface area contributed by atoms with E-state index in [0.29, 0.717) is 29.8 Å². The normalized spacial score (nSPS) is 10.3. The lowest BCUT2D eigenvalue weighted by molar-refractivity contribution is 0.0796. The first kappa shape index (κ1) is 18.3. The molecule has 0 atom stereocenters. The van der Waals surface area contributed by atoms with Crippen molar-refractivity contribution in [3.05, 3.63) is 95.8 Å². The summed E-state index contributed by atoms with van der Waals surface area (Å²) < 4.78 is 0. The van der Waals surface area contributed by atoms with E-state index in [1.165, 1.54) is 0 Å². The van der Waals surface area contributed by atoms with Crippen LogP contribution in [-0.2, 0) is 6.42 Å². The van der Waals surface area contributed by atoms with E-state index in [2.05, 4.69) is 10.3 Å². The van der Waals surface area contributed by atoms with Crippen molar-refractivity contribution in [2.45, 2.75) is 6.42 Å². The van der Waals surface area contributed by atoms with Crippen LogP contribution in [0.25, 0.3) is 0 Å². The molecule has 0 bridgehead atoms. The summed E-state index contributed by atoms with van der Waals surface area (Å²) in [6, 6.07) is 21.7. The highest BCUT2D eigenvalue weighted by Crippen LogP contribution is 2.13. The van der Waals surface area contributed by atoms with Gasteiger partial charge in [0.05, 0.1) is 0 Å². The quantitative estimate of drug-likeness (QED) is 0.731. The molecular weight excluding hydrogens is 338 g/mol. The summed E-state index contributed by atoms with van der Waals surface area (Å²) in [6.07, 6.45) is 2.45. The lowest BCUT2D eigenvalue weighted by Crippen LogP contribution is -2.29. The van der Waals surface area contributed by atoms with Crippen LogP contribution in [0.15, 0.2) is 79.0 Å². The number of hydrogen-bond donors (Lipinski definition) is 1. The van der Waals surface area contributed by atoms with Gasteiger partial charge >= 0.3 is 0 Å². The highest BCUT2D eigenvalue weighted by molar-refractivity contribution is 6.04. The van der Waals surface area contributed by atoms with E-state index in [4.69, 9.17) is 0 Å². The number of rotatable bonds is 6. The van der Waals surface area contributed by atoms with Crippen LogP contribution >= 0.6 is 0 Å². The van der Waals surface area contributed by atoms with Gasteiger partial charge in [-0.05, 0) is 48.5 Å². The topological polar surface area (TPSA) is 62.3 Å². The molecule has 5 nitrogen and oxygen atoms in total. The zero-order chi connectivity index (χ0) is 19.1. The molecule has 1 heterocycles. The first-order chi connectivity index (χ1) is 13.1. The van der Waals surface area contributed by atoms with Crippen LogP contribution in [0.1, 0.15) is 26.4 Å². The van der Waals surface area contributed by atoms with Crippen molar-refractivity contribution in [3.8, 4) is 0 Å². The first-order valence-electron chi connectivity index (χ1n) is 8.75. The molecule has 0 radical (unpaired) electrons. The second kappa shape index (κ2) is 8.76. The van der Waals surface area contributed by atoms with Crippen LogP contribution in [0, 0.1) is 0 Å². The van der Waals surface area contributed by atoms with Gasteiger partial charge in [0, 0.05) is 48.7 Å². The summed E-state index contributed by atoms with van der Waals surface area (Å²) in [6.45, 7) is 0.586. The van der Waals surface area contributed by atoms with Gasteiger partial charge in [0.15, 0.2) is 0 Å². The molecular formula is C22H21N3O2. The number of carbonyl (C=O) groups excluding carboxylic acids is 2. The fourth-order valence-electron chi connectivity index (χ4n) is 2.64. The van der Waals surface area contributed by atoms with Gasteiger partial charge in [-0.2, -0.15) is 0 Å². The van der Waals surface area contributed by atoms with Crippen molar-refractivity contribution < 1.29 is 9.59 Å². The van der Waals surface area contributed by atoms with Gasteiger partial charge in [0.1, 0.15) is 0 Å². The summed E-state index contributed by atoms with van der Waals surface area (Å²) in [4.78, 5) is 30.6. The second-order valence-electron chi connectivity index (χ2n) is 6.20. The highest BCUT2D eigenvalue weighted by Gasteiger charge is 2.12. The Kier molecular flexibility index (Phi) is 5.94. The third-order valence-electron chi connectivity index (χ3n) is 4.20. The number of likely N-dealkylation sites (N-methyl/N-ethyl adjacent to an activating group) is 1. The zero-order valence-corrected chi connectivity index (χ0v) is 15.1. The minimum absolute atomic E-state index is 0.0631. The molecule has 5 heteroatoms. The Hall–Kier alpha value is -3.47. The average molecular weight is 359 g/mol. The Balaban J connectivity index is 1.57. The van der Waals surface area contributed by atoms with Gasteiger partial charge in [-0.15, -0.1) is 0 Å². The number of carbonyl (C=O) groups is 2. The summed E-state index contributed by atoms with van der Waals surface area (Å²) in [5.41, 5.74) is 2.77. The molecule has 2 amide bonds. The van der Waals surface area contributed by atoms with Crippen molar-refractivity contribution in [1.29, 1.82) is 0 Å². The van der Waals surface area contributed by atoms with E-state index in [1.54, 1.807) is 54.5 Å². The van der Waals surface area contributed by atoms with Crippen LogP contribution in [0.3, 0.4) is 0 Å².